The Morgan fingerprint density at radius 1 is 1.00 bits per heavy atom. The third-order valence-electron chi connectivity index (χ3n) is 3.98. The van der Waals surface area contributed by atoms with Crippen molar-refractivity contribution in [2.24, 2.45) is 0 Å². The Morgan fingerprint density at radius 3 is 2.38 bits per heavy atom. The van der Waals surface area contributed by atoms with Crippen LogP contribution in [-0.2, 0) is 12.8 Å². The Hall–Kier alpha value is -1.32. The van der Waals surface area contributed by atoms with Crippen molar-refractivity contribution in [3.05, 3.63) is 57.6 Å². The van der Waals surface area contributed by atoms with Crippen molar-refractivity contribution in [1.29, 1.82) is 0 Å². The van der Waals surface area contributed by atoms with E-state index in [1.54, 1.807) is 6.92 Å². The molecule has 1 atom stereocenters. The first-order chi connectivity index (χ1) is 10.1. The number of rotatable bonds is 3. The Morgan fingerprint density at radius 2 is 1.67 bits per heavy atom. The highest BCUT2D eigenvalue weighted by Gasteiger charge is 2.11. The van der Waals surface area contributed by atoms with Gasteiger partial charge in [-0.3, -0.25) is 0 Å². The summed E-state index contributed by atoms with van der Waals surface area (Å²) in [6, 6.07) is 12.1. The van der Waals surface area contributed by atoms with E-state index >= 15 is 0 Å². The molecule has 21 heavy (non-hydrogen) atoms. The molecular weight excluding hydrogens is 328 g/mol. The van der Waals surface area contributed by atoms with Gasteiger partial charge in [-0.15, -0.1) is 0 Å². The van der Waals surface area contributed by atoms with E-state index in [2.05, 4.69) is 28.1 Å². The molecule has 0 bridgehead atoms. The number of ether oxygens (including phenoxy) is 1. The van der Waals surface area contributed by atoms with Crippen LogP contribution in [0.25, 0.3) is 0 Å². The molecule has 0 spiro atoms. The van der Waals surface area contributed by atoms with Crippen molar-refractivity contribution in [3.8, 4) is 11.5 Å². The predicted molar refractivity (Wildman–Crippen MR) is 87.9 cm³/mol. The van der Waals surface area contributed by atoms with Gasteiger partial charge < -0.3 is 9.84 Å². The molecule has 0 amide bonds. The predicted octanol–water partition coefficient (Wildman–Crippen LogP) is 5.17. The van der Waals surface area contributed by atoms with Crippen LogP contribution >= 0.6 is 15.9 Å². The van der Waals surface area contributed by atoms with Crippen LogP contribution in [0, 0.1) is 0 Å². The van der Waals surface area contributed by atoms with Gasteiger partial charge in [-0.2, -0.15) is 0 Å². The SMILES string of the molecule is C[C@H](O)c1ccc(Oc2ccc3c(c2)CCCC3)cc1Br. The summed E-state index contributed by atoms with van der Waals surface area (Å²) in [5.74, 6) is 1.66. The second kappa shape index (κ2) is 6.20. The lowest BCUT2D eigenvalue weighted by atomic mass is 9.92. The summed E-state index contributed by atoms with van der Waals surface area (Å²) >= 11 is 3.48. The van der Waals surface area contributed by atoms with Gasteiger partial charge in [-0.05, 0) is 73.6 Å². The normalized spacial score (nSPS) is 15.4. The van der Waals surface area contributed by atoms with Crippen LogP contribution in [0.4, 0.5) is 0 Å². The van der Waals surface area contributed by atoms with Gasteiger partial charge in [-0.1, -0.05) is 28.1 Å². The smallest absolute Gasteiger partial charge is 0.128 e. The molecule has 0 saturated heterocycles. The van der Waals surface area contributed by atoms with Crippen LogP contribution in [0.3, 0.4) is 0 Å². The van der Waals surface area contributed by atoms with Crippen LogP contribution in [0.15, 0.2) is 40.9 Å². The summed E-state index contributed by atoms with van der Waals surface area (Å²) in [7, 11) is 0. The summed E-state index contributed by atoms with van der Waals surface area (Å²) < 4.78 is 6.82. The summed E-state index contributed by atoms with van der Waals surface area (Å²) in [4.78, 5) is 0. The van der Waals surface area contributed by atoms with E-state index in [4.69, 9.17) is 4.74 Å². The third-order valence-corrected chi connectivity index (χ3v) is 4.66. The fourth-order valence-corrected chi connectivity index (χ4v) is 3.51. The highest BCUT2D eigenvalue weighted by molar-refractivity contribution is 9.10. The maximum atomic E-state index is 9.65. The number of halogens is 1. The summed E-state index contributed by atoms with van der Waals surface area (Å²) in [6.45, 7) is 1.75. The first kappa shape index (κ1) is 14.6. The molecule has 0 saturated carbocycles. The minimum Gasteiger partial charge on any atom is -0.457 e. The highest BCUT2D eigenvalue weighted by Crippen LogP contribution is 2.32. The molecule has 3 rings (SSSR count). The molecule has 1 N–H and O–H groups in total. The third kappa shape index (κ3) is 3.30. The lowest BCUT2D eigenvalue weighted by Crippen LogP contribution is -2.02. The van der Waals surface area contributed by atoms with Gasteiger partial charge in [0.15, 0.2) is 0 Å². The summed E-state index contributed by atoms with van der Waals surface area (Å²) in [5, 5.41) is 9.65. The molecular formula is C18H19BrO2. The van der Waals surface area contributed by atoms with Gasteiger partial charge in [-0.25, -0.2) is 0 Å². The first-order valence-electron chi connectivity index (χ1n) is 7.40. The van der Waals surface area contributed by atoms with Crippen molar-refractivity contribution < 1.29 is 9.84 Å². The Bertz CT molecular complexity index is 650. The van der Waals surface area contributed by atoms with Crippen LogP contribution in [0.5, 0.6) is 11.5 Å². The molecule has 1 aliphatic carbocycles. The number of aliphatic hydroxyl groups excluding tert-OH is 1. The Labute approximate surface area is 133 Å². The molecule has 0 fully saturated rings. The van der Waals surface area contributed by atoms with Gasteiger partial charge in [0.05, 0.1) is 6.10 Å². The first-order valence-corrected chi connectivity index (χ1v) is 8.20. The van der Waals surface area contributed by atoms with Crippen LogP contribution < -0.4 is 4.74 Å². The minimum atomic E-state index is -0.489. The van der Waals surface area contributed by atoms with Crippen molar-refractivity contribution in [1.82, 2.24) is 0 Å². The number of benzene rings is 2. The van der Waals surface area contributed by atoms with Gasteiger partial charge >= 0.3 is 0 Å². The molecule has 0 unspecified atom stereocenters. The molecule has 0 aliphatic heterocycles. The minimum absolute atomic E-state index is 0.489. The zero-order valence-corrected chi connectivity index (χ0v) is 13.7. The van der Waals surface area contributed by atoms with Gasteiger partial charge in [0.1, 0.15) is 11.5 Å². The van der Waals surface area contributed by atoms with Gasteiger partial charge in [0, 0.05) is 4.47 Å². The second-order valence-corrected chi connectivity index (χ2v) is 6.45. The molecule has 2 aromatic rings. The number of hydrogen-bond acceptors (Lipinski definition) is 2. The van der Waals surface area contributed by atoms with Gasteiger partial charge in [0.25, 0.3) is 0 Å². The lowest BCUT2D eigenvalue weighted by molar-refractivity contribution is 0.198. The van der Waals surface area contributed by atoms with E-state index < -0.39 is 6.10 Å². The number of hydrogen-bond donors (Lipinski definition) is 1. The van der Waals surface area contributed by atoms with E-state index in [0.717, 1.165) is 28.0 Å². The van der Waals surface area contributed by atoms with Crippen LogP contribution in [0.2, 0.25) is 0 Å². The highest BCUT2D eigenvalue weighted by atomic mass is 79.9. The van der Waals surface area contributed by atoms with Crippen molar-refractivity contribution in [3.63, 3.8) is 0 Å². The maximum absolute atomic E-state index is 9.65. The van der Waals surface area contributed by atoms with Crippen molar-refractivity contribution in [2.75, 3.05) is 0 Å². The molecule has 0 heterocycles. The zero-order chi connectivity index (χ0) is 14.8. The fraction of sp³-hybridized carbons (Fsp3) is 0.333. The standard InChI is InChI=1S/C18H19BrO2/c1-12(20)17-9-8-16(11-18(17)19)21-15-7-6-13-4-2-3-5-14(13)10-15/h6-12,20H,2-5H2,1H3/t12-/m0/s1. The van der Waals surface area contributed by atoms with E-state index in [1.165, 1.54) is 30.4 Å². The lowest BCUT2D eigenvalue weighted by Gasteiger charge is -2.17. The average Bonchev–Trinajstić information content (AvgIpc) is 2.47. The Balaban J connectivity index is 1.82. The second-order valence-electron chi connectivity index (χ2n) is 5.60. The number of fused-ring (bicyclic) bond motifs is 1. The topological polar surface area (TPSA) is 29.5 Å². The number of aliphatic hydroxyl groups is 1. The van der Waals surface area contributed by atoms with Crippen LogP contribution in [-0.4, -0.2) is 5.11 Å². The quantitative estimate of drug-likeness (QED) is 0.830. The molecule has 0 aromatic heterocycles. The zero-order valence-electron chi connectivity index (χ0n) is 12.1. The Kier molecular flexibility index (Phi) is 4.32. The van der Waals surface area contributed by atoms with E-state index in [0.29, 0.717) is 0 Å². The number of aryl methyl sites for hydroxylation is 2. The molecule has 2 nitrogen and oxygen atoms in total. The van der Waals surface area contributed by atoms with Gasteiger partial charge in [0.2, 0.25) is 0 Å². The van der Waals surface area contributed by atoms with E-state index in [-0.39, 0.29) is 0 Å². The van der Waals surface area contributed by atoms with E-state index in [9.17, 15) is 5.11 Å². The molecule has 0 radical (unpaired) electrons. The summed E-state index contributed by atoms with van der Waals surface area (Å²) in [6.07, 6.45) is 4.41. The van der Waals surface area contributed by atoms with E-state index in [1.807, 2.05) is 24.3 Å². The molecule has 2 aromatic carbocycles. The van der Waals surface area contributed by atoms with Crippen molar-refractivity contribution in [2.45, 2.75) is 38.7 Å². The largest absolute Gasteiger partial charge is 0.457 e. The average molecular weight is 347 g/mol. The van der Waals surface area contributed by atoms with Crippen molar-refractivity contribution >= 4 is 15.9 Å². The maximum Gasteiger partial charge on any atom is 0.128 e. The molecule has 3 heteroatoms. The fourth-order valence-electron chi connectivity index (χ4n) is 2.82. The molecule has 110 valence electrons. The molecule has 1 aliphatic rings. The van der Waals surface area contributed by atoms with Crippen LogP contribution in [0.1, 0.15) is 42.6 Å². The monoisotopic (exact) mass is 346 g/mol. The summed E-state index contributed by atoms with van der Waals surface area (Å²) in [5.41, 5.74) is 3.74.